The summed E-state index contributed by atoms with van der Waals surface area (Å²) in [5.41, 5.74) is 0.875. The summed E-state index contributed by atoms with van der Waals surface area (Å²) >= 11 is 0. The van der Waals surface area contributed by atoms with Crippen LogP contribution in [0.4, 0.5) is 0 Å². The highest BCUT2D eigenvalue weighted by molar-refractivity contribution is 6.03. The van der Waals surface area contributed by atoms with Gasteiger partial charge in [-0.3, -0.25) is 14.4 Å². The number of carbonyl (C=O) groups excluding carboxylic acids is 1. The third-order valence-corrected chi connectivity index (χ3v) is 4.70. The largest absolute Gasteiger partial charge is 0.481 e. The van der Waals surface area contributed by atoms with E-state index in [0.717, 1.165) is 0 Å². The topological polar surface area (TPSA) is 118 Å². The molecule has 1 amide bonds. The molecule has 0 aromatic rings. The number of rotatable bonds is 3. The summed E-state index contributed by atoms with van der Waals surface area (Å²) in [5.74, 6) is -3.42. The lowest BCUT2D eigenvalue weighted by molar-refractivity contribution is -0.169. The fourth-order valence-electron chi connectivity index (χ4n) is 2.82. The summed E-state index contributed by atoms with van der Waals surface area (Å²) in [7, 11) is 0. The Bertz CT molecular complexity index is 387. The number of nitrogens with two attached hydrogens (primary N) is 1. The summed E-state index contributed by atoms with van der Waals surface area (Å²) in [6, 6.07) is 0. The summed E-state index contributed by atoms with van der Waals surface area (Å²) < 4.78 is 0. The zero-order valence-electron chi connectivity index (χ0n) is 10.1. The van der Waals surface area contributed by atoms with Crippen molar-refractivity contribution >= 4 is 17.8 Å². The van der Waals surface area contributed by atoms with Crippen molar-refractivity contribution in [1.29, 1.82) is 0 Å². The van der Waals surface area contributed by atoms with Crippen molar-refractivity contribution in [2.75, 3.05) is 0 Å². The number of carboxylic acids is 2. The second-order valence-corrected chi connectivity index (χ2v) is 5.34. The molecule has 17 heavy (non-hydrogen) atoms. The lowest BCUT2D eigenvalue weighted by Crippen LogP contribution is -2.56. The molecule has 6 heteroatoms. The van der Waals surface area contributed by atoms with Gasteiger partial charge in [-0.2, -0.15) is 0 Å². The first-order valence-corrected chi connectivity index (χ1v) is 5.31. The van der Waals surface area contributed by atoms with Crippen molar-refractivity contribution in [3.8, 4) is 0 Å². The van der Waals surface area contributed by atoms with Gasteiger partial charge < -0.3 is 15.9 Å². The first-order valence-electron chi connectivity index (χ1n) is 5.31. The Morgan fingerprint density at radius 2 is 1.47 bits per heavy atom. The van der Waals surface area contributed by atoms with Gasteiger partial charge in [-0.05, 0) is 19.8 Å². The van der Waals surface area contributed by atoms with Crippen molar-refractivity contribution < 1.29 is 24.6 Å². The molecule has 1 rings (SSSR count). The maximum absolute atomic E-state index is 11.5. The van der Waals surface area contributed by atoms with Crippen LogP contribution in [0.25, 0.3) is 0 Å². The molecular weight excluding hydrogens is 226 g/mol. The van der Waals surface area contributed by atoms with Crippen molar-refractivity contribution in [1.82, 2.24) is 0 Å². The fourth-order valence-corrected chi connectivity index (χ4v) is 2.82. The van der Waals surface area contributed by atoms with Crippen LogP contribution in [0.15, 0.2) is 0 Å². The molecule has 0 bridgehead atoms. The number of amides is 1. The standard InChI is InChI=1S/C11H17NO5/c1-9(2)10(3,7(14)15)4-5-11(9,6(12)13)8(16)17/h4-5H2,1-3H3,(H2,12,13)(H,14,15)(H,16,17). The van der Waals surface area contributed by atoms with Crippen LogP contribution in [0.5, 0.6) is 0 Å². The lowest BCUT2D eigenvalue weighted by Gasteiger charge is -2.42. The summed E-state index contributed by atoms with van der Waals surface area (Å²) in [6.07, 6.45) is 0.0675. The van der Waals surface area contributed by atoms with Gasteiger partial charge >= 0.3 is 11.9 Å². The molecule has 1 fully saturated rings. The van der Waals surface area contributed by atoms with Crippen LogP contribution in [0.2, 0.25) is 0 Å². The molecule has 0 aromatic heterocycles. The first kappa shape index (κ1) is 13.5. The Labute approximate surface area is 98.8 Å². The molecular formula is C11H17NO5. The highest BCUT2D eigenvalue weighted by Crippen LogP contribution is 2.62. The zero-order chi connectivity index (χ0) is 13.6. The normalized spacial score (nSPS) is 35.5. The average Bonchev–Trinajstić information content (AvgIpc) is 2.36. The van der Waals surface area contributed by atoms with E-state index in [-0.39, 0.29) is 12.8 Å². The van der Waals surface area contributed by atoms with Gasteiger partial charge in [0.25, 0.3) is 0 Å². The van der Waals surface area contributed by atoms with E-state index >= 15 is 0 Å². The molecule has 0 saturated heterocycles. The van der Waals surface area contributed by atoms with Gasteiger partial charge in [-0.1, -0.05) is 13.8 Å². The second-order valence-electron chi connectivity index (χ2n) is 5.34. The van der Waals surface area contributed by atoms with E-state index in [0.29, 0.717) is 0 Å². The molecule has 0 aliphatic heterocycles. The molecule has 0 heterocycles. The summed E-state index contributed by atoms with van der Waals surface area (Å²) in [6.45, 7) is 4.42. The molecule has 1 aliphatic rings. The highest BCUT2D eigenvalue weighted by Gasteiger charge is 2.70. The van der Waals surface area contributed by atoms with Crippen LogP contribution >= 0.6 is 0 Å². The van der Waals surface area contributed by atoms with E-state index in [1.165, 1.54) is 20.8 Å². The van der Waals surface area contributed by atoms with Crippen molar-refractivity contribution in [2.24, 2.45) is 22.0 Å². The van der Waals surface area contributed by atoms with Gasteiger partial charge in [0, 0.05) is 5.41 Å². The Hall–Kier alpha value is -1.59. The Kier molecular flexibility index (Phi) is 2.73. The molecule has 0 aromatic carbocycles. The van der Waals surface area contributed by atoms with Crippen LogP contribution in [0, 0.1) is 16.2 Å². The van der Waals surface area contributed by atoms with Gasteiger partial charge in [0.15, 0.2) is 5.41 Å². The zero-order valence-corrected chi connectivity index (χ0v) is 10.1. The molecule has 1 aliphatic carbocycles. The quantitative estimate of drug-likeness (QED) is 0.622. The van der Waals surface area contributed by atoms with E-state index in [1.807, 2.05) is 0 Å². The van der Waals surface area contributed by atoms with Crippen molar-refractivity contribution in [2.45, 2.75) is 33.6 Å². The number of carboxylic acid groups (broad SMARTS) is 2. The van der Waals surface area contributed by atoms with E-state index in [4.69, 9.17) is 5.73 Å². The number of aliphatic carboxylic acids is 2. The van der Waals surface area contributed by atoms with Gasteiger partial charge in [-0.15, -0.1) is 0 Å². The minimum absolute atomic E-state index is 0.0481. The summed E-state index contributed by atoms with van der Waals surface area (Å²) in [4.78, 5) is 34.3. The molecule has 2 unspecified atom stereocenters. The van der Waals surface area contributed by atoms with Gasteiger partial charge in [0.1, 0.15) is 0 Å². The monoisotopic (exact) mass is 243 g/mol. The minimum Gasteiger partial charge on any atom is -0.481 e. The average molecular weight is 243 g/mol. The van der Waals surface area contributed by atoms with Gasteiger partial charge in [-0.25, -0.2) is 0 Å². The Balaban J connectivity index is 3.47. The van der Waals surface area contributed by atoms with Crippen LogP contribution in [0.3, 0.4) is 0 Å². The smallest absolute Gasteiger partial charge is 0.319 e. The maximum atomic E-state index is 11.5. The Morgan fingerprint density at radius 3 is 1.65 bits per heavy atom. The van der Waals surface area contributed by atoms with Crippen molar-refractivity contribution in [3.05, 3.63) is 0 Å². The van der Waals surface area contributed by atoms with Crippen molar-refractivity contribution in [3.63, 3.8) is 0 Å². The number of hydrogen-bond acceptors (Lipinski definition) is 3. The number of primary amides is 1. The highest BCUT2D eigenvalue weighted by atomic mass is 16.4. The lowest BCUT2D eigenvalue weighted by atomic mass is 9.58. The van der Waals surface area contributed by atoms with Gasteiger partial charge in [0.2, 0.25) is 5.91 Å². The van der Waals surface area contributed by atoms with Crippen LogP contribution in [0.1, 0.15) is 33.6 Å². The second kappa shape index (κ2) is 3.45. The molecule has 96 valence electrons. The molecule has 0 spiro atoms. The predicted octanol–water partition coefficient (Wildman–Crippen LogP) is 0.454. The molecule has 0 radical (unpaired) electrons. The fraction of sp³-hybridized carbons (Fsp3) is 0.727. The molecule has 1 saturated carbocycles. The maximum Gasteiger partial charge on any atom is 0.319 e. The minimum atomic E-state index is -1.82. The summed E-state index contributed by atoms with van der Waals surface area (Å²) in [5, 5.41) is 18.5. The molecule has 2 atom stereocenters. The third-order valence-electron chi connectivity index (χ3n) is 4.70. The molecule has 6 nitrogen and oxygen atoms in total. The van der Waals surface area contributed by atoms with Gasteiger partial charge in [0.05, 0.1) is 5.41 Å². The van der Waals surface area contributed by atoms with E-state index in [9.17, 15) is 24.6 Å². The molecule has 4 N–H and O–H groups in total. The SMILES string of the molecule is CC1(C(=O)O)CCC(C(N)=O)(C(=O)O)C1(C)C. The Morgan fingerprint density at radius 1 is 1.00 bits per heavy atom. The van der Waals surface area contributed by atoms with Crippen LogP contribution in [-0.4, -0.2) is 28.1 Å². The third kappa shape index (κ3) is 1.29. The van der Waals surface area contributed by atoms with Crippen LogP contribution < -0.4 is 5.73 Å². The van der Waals surface area contributed by atoms with E-state index in [1.54, 1.807) is 0 Å². The van der Waals surface area contributed by atoms with E-state index < -0.39 is 34.1 Å². The number of hydrogen-bond donors (Lipinski definition) is 3. The predicted molar refractivity (Wildman–Crippen MR) is 58.0 cm³/mol. The van der Waals surface area contributed by atoms with Crippen LogP contribution in [-0.2, 0) is 14.4 Å². The first-order chi connectivity index (χ1) is 7.54. The van der Waals surface area contributed by atoms with E-state index in [2.05, 4.69) is 0 Å². The number of carbonyl (C=O) groups is 3.